The SMILES string of the molecule is CC(=O)OC(C)=O.NC(=O)O. The van der Waals surface area contributed by atoms with E-state index in [1.54, 1.807) is 0 Å². The maximum atomic E-state index is 9.81. The average Bonchev–Trinajstić information content (AvgIpc) is 1.56. The van der Waals surface area contributed by atoms with Crippen LogP contribution >= 0.6 is 0 Å². The number of carboxylic acid groups (broad SMARTS) is 1. The fourth-order valence-corrected chi connectivity index (χ4v) is 0.202. The molecule has 0 unspecified atom stereocenters. The molecule has 6 nitrogen and oxygen atoms in total. The predicted molar refractivity (Wildman–Crippen MR) is 34.7 cm³/mol. The number of carbonyl (C=O) groups excluding carboxylic acids is 2. The number of nitrogens with two attached hydrogens (primary N) is 1. The molecule has 0 aromatic carbocycles. The van der Waals surface area contributed by atoms with Gasteiger partial charge in [-0.3, -0.25) is 9.59 Å². The second-order valence-electron chi connectivity index (χ2n) is 1.42. The van der Waals surface area contributed by atoms with Gasteiger partial charge in [0.1, 0.15) is 0 Å². The molecule has 0 spiro atoms. The van der Waals surface area contributed by atoms with E-state index in [2.05, 4.69) is 10.5 Å². The maximum Gasteiger partial charge on any atom is 0.402 e. The molecule has 0 saturated heterocycles. The summed E-state index contributed by atoms with van der Waals surface area (Å²) < 4.78 is 3.97. The Morgan fingerprint density at radius 2 is 1.36 bits per heavy atom. The molecular formula is C5H9NO5. The van der Waals surface area contributed by atoms with Gasteiger partial charge in [0.25, 0.3) is 0 Å². The maximum absolute atomic E-state index is 9.81. The van der Waals surface area contributed by atoms with Gasteiger partial charge in [-0.1, -0.05) is 0 Å². The number of carbonyl (C=O) groups is 3. The van der Waals surface area contributed by atoms with Crippen LogP contribution in [0.1, 0.15) is 13.8 Å². The van der Waals surface area contributed by atoms with Crippen LogP contribution in [0.2, 0.25) is 0 Å². The molecule has 3 N–H and O–H groups in total. The summed E-state index contributed by atoms with van der Waals surface area (Å²) in [4.78, 5) is 28.4. The van der Waals surface area contributed by atoms with Crippen molar-refractivity contribution in [1.29, 1.82) is 0 Å². The van der Waals surface area contributed by atoms with E-state index in [0.717, 1.165) is 0 Å². The normalized spacial score (nSPS) is 7.09. The first kappa shape index (κ1) is 12.1. The van der Waals surface area contributed by atoms with Crippen molar-refractivity contribution in [3.8, 4) is 0 Å². The van der Waals surface area contributed by atoms with Crippen LogP contribution in [0.15, 0.2) is 0 Å². The zero-order chi connectivity index (χ0) is 9.44. The summed E-state index contributed by atoms with van der Waals surface area (Å²) in [6.45, 7) is 2.36. The Hall–Kier alpha value is -1.59. The van der Waals surface area contributed by atoms with E-state index in [4.69, 9.17) is 9.90 Å². The Bertz CT molecular complexity index is 148. The first-order valence-corrected chi connectivity index (χ1v) is 2.53. The number of rotatable bonds is 0. The van der Waals surface area contributed by atoms with Crippen molar-refractivity contribution in [3.63, 3.8) is 0 Å². The van der Waals surface area contributed by atoms with Crippen molar-refractivity contribution in [2.24, 2.45) is 5.73 Å². The number of hydrogen-bond donors (Lipinski definition) is 2. The average molecular weight is 163 g/mol. The molecule has 0 fully saturated rings. The second kappa shape index (κ2) is 6.53. The number of amides is 1. The van der Waals surface area contributed by atoms with Crippen LogP contribution < -0.4 is 5.73 Å². The van der Waals surface area contributed by atoms with E-state index in [9.17, 15) is 9.59 Å². The Labute approximate surface area is 62.9 Å². The van der Waals surface area contributed by atoms with E-state index < -0.39 is 18.0 Å². The highest BCUT2D eigenvalue weighted by atomic mass is 16.6. The van der Waals surface area contributed by atoms with E-state index in [1.807, 2.05) is 0 Å². The van der Waals surface area contributed by atoms with E-state index in [0.29, 0.717) is 0 Å². The van der Waals surface area contributed by atoms with Crippen LogP contribution in [0.25, 0.3) is 0 Å². The molecule has 0 atom stereocenters. The molecule has 1 amide bonds. The molecule has 64 valence electrons. The minimum atomic E-state index is -1.33. The monoisotopic (exact) mass is 163 g/mol. The van der Waals surface area contributed by atoms with Crippen LogP contribution in [0.4, 0.5) is 4.79 Å². The molecule has 0 bridgehead atoms. The van der Waals surface area contributed by atoms with E-state index >= 15 is 0 Å². The van der Waals surface area contributed by atoms with E-state index in [-0.39, 0.29) is 0 Å². The summed E-state index contributed by atoms with van der Waals surface area (Å²) in [6.07, 6.45) is -1.33. The van der Waals surface area contributed by atoms with Crippen molar-refractivity contribution in [2.75, 3.05) is 0 Å². The minimum absolute atomic E-state index is 0.562. The van der Waals surface area contributed by atoms with Crippen molar-refractivity contribution >= 4 is 18.0 Å². The summed E-state index contributed by atoms with van der Waals surface area (Å²) in [5, 5.41) is 7.19. The molecule has 0 aliphatic carbocycles. The highest BCUT2D eigenvalue weighted by Gasteiger charge is 1.93. The third kappa shape index (κ3) is 59.5. The molecule has 0 aliphatic rings. The lowest BCUT2D eigenvalue weighted by atomic mass is 10.7. The lowest BCUT2D eigenvalue weighted by molar-refractivity contribution is -0.156. The van der Waals surface area contributed by atoms with Crippen molar-refractivity contribution in [3.05, 3.63) is 0 Å². The molecule has 0 aromatic heterocycles. The summed E-state index contributed by atoms with van der Waals surface area (Å²) in [6, 6.07) is 0. The van der Waals surface area contributed by atoms with Gasteiger partial charge in [-0.2, -0.15) is 0 Å². The van der Waals surface area contributed by atoms with Crippen molar-refractivity contribution < 1.29 is 24.2 Å². The Balaban J connectivity index is 0. The number of hydrogen-bond acceptors (Lipinski definition) is 4. The van der Waals surface area contributed by atoms with Gasteiger partial charge in [-0.15, -0.1) is 0 Å². The van der Waals surface area contributed by atoms with Crippen LogP contribution in [-0.4, -0.2) is 23.1 Å². The first-order valence-electron chi connectivity index (χ1n) is 2.53. The largest absolute Gasteiger partial charge is 0.465 e. The highest BCUT2D eigenvalue weighted by Crippen LogP contribution is 1.73. The molecule has 0 aliphatic heterocycles. The molecular weight excluding hydrogens is 154 g/mol. The summed E-state index contributed by atoms with van der Waals surface area (Å²) in [5.41, 5.74) is 4.03. The standard InChI is InChI=1S/C4H6O3.CH3NO2/c1-3(5)7-4(2)6;2-1(3)4/h1-2H3;2H2,(H,3,4). The van der Waals surface area contributed by atoms with Gasteiger partial charge < -0.3 is 15.6 Å². The molecule has 0 saturated carbocycles. The minimum Gasteiger partial charge on any atom is -0.465 e. The van der Waals surface area contributed by atoms with Gasteiger partial charge in [0.2, 0.25) is 0 Å². The molecule has 6 heteroatoms. The predicted octanol–water partition coefficient (Wildman–Crippen LogP) is -0.281. The number of primary amides is 1. The lowest BCUT2D eigenvalue weighted by Crippen LogP contribution is -2.03. The Kier molecular flexibility index (Phi) is 7.19. The van der Waals surface area contributed by atoms with Gasteiger partial charge in [-0.25, -0.2) is 4.79 Å². The van der Waals surface area contributed by atoms with Gasteiger partial charge in [0, 0.05) is 13.8 Å². The van der Waals surface area contributed by atoms with Crippen molar-refractivity contribution in [1.82, 2.24) is 0 Å². The van der Waals surface area contributed by atoms with Crippen LogP contribution in [0.3, 0.4) is 0 Å². The quantitative estimate of drug-likeness (QED) is 0.377. The molecule has 11 heavy (non-hydrogen) atoms. The summed E-state index contributed by atoms with van der Waals surface area (Å²) >= 11 is 0. The molecule has 0 aromatic rings. The zero-order valence-corrected chi connectivity index (χ0v) is 6.16. The first-order chi connectivity index (χ1) is 4.86. The van der Waals surface area contributed by atoms with Gasteiger partial charge in [0.15, 0.2) is 0 Å². The number of esters is 2. The van der Waals surface area contributed by atoms with Gasteiger partial charge >= 0.3 is 18.0 Å². The molecule has 0 heterocycles. The smallest absolute Gasteiger partial charge is 0.402 e. The van der Waals surface area contributed by atoms with Crippen LogP contribution in [-0.2, 0) is 14.3 Å². The third-order valence-electron chi connectivity index (χ3n) is 0.287. The molecule has 0 rings (SSSR count). The zero-order valence-electron chi connectivity index (χ0n) is 6.16. The van der Waals surface area contributed by atoms with Crippen LogP contribution in [0.5, 0.6) is 0 Å². The lowest BCUT2D eigenvalue weighted by Gasteiger charge is -1.87. The van der Waals surface area contributed by atoms with E-state index in [1.165, 1.54) is 13.8 Å². The number of ether oxygens (including phenoxy) is 1. The van der Waals surface area contributed by atoms with Crippen molar-refractivity contribution in [2.45, 2.75) is 13.8 Å². The molecule has 0 radical (unpaired) electrons. The van der Waals surface area contributed by atoms with Crippen LogP contribution in [0, 0.1) is 0 Å². The topological polar surface area (TPSA) is 107 Å². The third-order valence-corrected chi connectivity index (χ3v) is 0.287. The summed E-state index contributed by atoms with van der Waals surface area (Å²) in [7, 11) is 0. The van der Waals surface area contributed by atoms with Gasteiger partial charge in [0.05, 0.1) is 0 Å². The van der Waals surface area contributed by atoms with Gasteiger partial charge in [-0.05, 0) is 0 Å². The Morgan fingerprint density at radius 1 is 1.18 bits per heavy atom. The highest BCUT2D eigenvalue weighted by molar-refractivity contribution is 5.82. The second-order valence-corrected chi connectivity index (χ2v) is 1.42. The summed E-state index contributed by atoms with van der Waals surface area (Å²) in [5.74, 6) is -1.12. The Morgan fingerprint density at radius 3 is 1.36 bits per heavy atom. The fourth-order valence-electron chi connectivity index (χ4n) is 0.202. The fraction of sp³-hybridized carbons (Fsp3) is 0.400.